The van der Waals surface area contributed by atoms with Crippen molar-refractivity contribution in [3.8, 4) is 29.0 Å². The molecule has 0 aliphatic carbocycles. The topological polar surface area (TPSA) is 88.0 Å². The number of aromatic nitrogens is 4. The Labute approximate surface area is 172 Å². The van der Waals surface area contributed by atoms with Crippen LogP contribution in [0.2, 0.25) is 0 Å². The Morgan fingerprint density at radius 3 is 2.60 bits per heavy atom. The van der Waals surface area contributed by atoms with Crippen molar-refractivity contribution in [1.82, 2.24) is 19.2 Å². The number of rotatable bonds is 3. The van der Waals surface area contributed by atoms with Crippen LogP contribution in [-0.2, 0) is 11.8 Å². The quantitative estimate of drug-likeness (QED) is 0.429. The zero-order valence-corrected chi connectivity index (χ0v) is 16.1. The number of aryl methyl sites for hydroxylation is 1. The highest BCUT2D eigenvalue weighted by atomic mass is 16.1. The normalized spacial score (nSPS) is 10.1. The standard InChI is InChI=1S/C23H16N6O/c1-3-23(30)27-19-7-4-16(5-8-19)6-9-20-10-17(18-13-26-28(2)15-18)11-22-25-14-21(12-24)29(20)22/h3-5,7-8,10-11,13-15H,1H2,2H3,(H,27,30). The van der Waals surface area contributed by atoms with Gasteiger partial charge in [-0.25, -0.2) is 4.98 Å². The lowest BCUT2D eigenvalue weighted by Gasteiger charge is -2.04. The molecular weight excluding hydrogens is 376 g/mol. The van der Waals surface area contributed by atoms with Crippen LogP contribution in [-0.4, -0.2) is 25.1 Å². The molecule has 0 saturated heterocycles. The van der Waals surface area contributed by atoms with Crippen LogP contribution < -0.4 is 5.32 Å². The number of nitrogens with one attached hydrogen (secondary N) is 1. The van der Waals surface area contributed by atoms with Crippen LogP contribution in [0.4, 0.5) is 5.69 Å². The van der Waals surface area contributed by atoms with Crippen molar-refractivity contribution in [3.05, 3.63) is 84.6 Å². The van der Waals surface area contributed by atoms with E-state index in [0.717, 1.165) is 16.7 Å². The number of hydrogen-bond donors (Lipinski definition) is 1. The largest absolute Gasteiger partial charge is 0.323 e. The maximum atomic E-state index is 11.4. The van der Waals surface area contributed by atoms with E-state index in [2.05, 4.69) is 39.9 Å². The fourth-order valence-electron chi connectivity index (χ4n) is 2.99. The highest BCUT2D eigenvalue weighted by Gasteiger charge is 2.10. The van der Waals surface area contributed by atoms with E-state index in [-0.39, 0.29) is 5.91 Å². The first-order chi connectivity index (χ1) is 14.6. The number of carbonyl (C=O) groups excluding carboxylic acids is 1. The fraction of sp³-hybridized carbons (Fsp3) is 0.0435. The van der Waals surface area contributed by atoms with Crippen molar-refractivity contribution >= 4 is 17.2 Å². The van der Waals surface area contributed by atoms with Gasteiger partial charge >= 0.3 is 0 Å². The molecule has 7 nitrogen and oxygen atoms in total. The van der Waals surface area contributed by atoms with Crippen LogP contribution in [0.5, 0.6) is 0 Å². The Hall–Kier alpha value is -4.62. The average molecular weight is 392 g/mol. The van der Waals surface area contributed by atoms with Gasteiger partial charge in [0.05, 0.1) is 18.1 Å². The van der Waals surface area contributed by atoms with E-state index < -0.39 is 0 Å². The second-order valence-electron chi connectivity index (χ2n) is 6.50. The van der Waals surface area contributed by atoms with Gasteiger partial charge in [0.2, 0.25) is 5.91 Å². The van der Waals surface area contributed by atoms with Crippen LogP contribution in [0.15, 0.2) is 67.6 Å². The van der Waals surface area contributed by atoms with E-state index >= 15 is 0 Å². The van der Waals surface area contributed by atoms with Crippen molar-refractivity contribution in [2.75, 3.05) is 5.32 Å². The predicted octanol–water partition coefficient (Wildman–Crippen LogP) is 3.13. The summed E-state index contributed by atoms with van der Waals surface area (Å²) in [5, 5.41) is 16.3. The Kier molecular flexibility index (Phi) is 4.86. The highest BCUT2D eigenvalue weighted by Crippen LogP contribution is 2.23. The first-order valence-electron chi connectivity index (χ1n) is 9.03. The molecule has 0 radical (unpaired) electrons. The minimum atomic E-state index is -0.271. The number of imidazole rings is 1. The second kappa shape index (κ2) is 7.78. The highest BCUT2D eigenvalue weighted by molar-refractivity contribution is 5.98. The smallest absolute Gasteiger partial charge is 0.247 e. The fourth-order valence-corrected chi connectivity index (χ4v) is 2.99. The lowest BCUT2D eigenvalue weighted by molar-refractivity contribution is -0.111. The Morgan fingerprint density at radius 2 is 1.93 bits per heavy atom. The van der Waals surface area contributed by atoms with Crippen molar-refractivity contribution in [3.63, 3.8) is 0 Å². The molecule has 0 bridgehead atoms. The third-order valence-electron chi connectivity index (χ3n) is 4.43. The summed E-state index contributed by atoms with van der Waals surface area (Å²) in [6.45, 7) is 3.43. The minimum Gasteiger partial charge on any atom is -0.323 e. The van der Waals surface area contributed by atoms with Crippen molar-refractivity contribution in [1.29, 1.82) is 5.26 Å². The molecule has 7 heteroatoms. The zero-order chi connectivity index (χ0) is 21.1. The van der Waals surface area contributed by atoms with Gasteiger partial charge in [0.1, 0.15) is 17.4 Å². The number of nitrogens with zero attached hydrogens (tertiary/aromatic N) is 5. The monoisotopic (exact) mass is 392 g/mol. The SMILES string of the molecule is C=CC(=O)Nc1ccc(C#Cc2cc(-c3cnn(C)c3)cc3ncc(C#N)n23)cc1. The Balaban J connectivity index is 1.75. The molecule has 0 atom stereocenters. The Morgan fingerprint density at radius 1 is 1.13 bits per heavy atom. The molecule has 4 rings (SSSR count). The van der Waals surface area contributed by atoms with Crippen LogP contribution >= 0.6 is 0 Å². The predicted molar refractivity (Wildman–Crippen MR) is 113 cm³/mol. The molecule has 0 saturated carbocycles. The van der Waals surface area contributed by atoms with Gasteiger partial charge in [-0.1, -0.05) is 12.5 Å². The van der Waals surface area contributed by atoms with Crippen LogP contribution in [0.1, 0.15) is 17.0 Å². The molecule has 1 N–H and O–H groups in total. The van der Waals surface area contributed by atoms with Gasteiger partial charge in [-0.2, -0.15) is 10.4 Å². The molecule has 0 aliphatic heterocycles. The molecule has 3 heterocycles. The molecule has 0 fully saturated rings. The summed E-state index contributed by atoms with van der Waals surface area (Å²) in [6.07, 6.45) is 6.43. The maximum Gasteiger partial charge on any atom is 0.247 e. The first kappa shape index (κ1) is 18.7. The molecule has 144 valence electrons. The molecule has 1 aromatic carbocycles. The average Bonchev–Trinajstić information content (AvgIpc) is 3.38. The number of benzene rings is 1. The Bertz CT molecular complexity index is 1370. The number of nitriles is 1. The number of amides is 1. The molecule has 0 spiro atoms. The molecule has 1 amide bonds. The summed E-state index contributed by atoms with van der Waals surface area (Å²) in [4.78, 5) is 15.7. The van der Waals surface area contributed by atoms with E-state index in [9.17, 15) is 10.1 Å². The summed E-state index contributed by atoms with van der Waals surface area (Å²) >= 11 is 0. The number of fused-ring (bicyclic) bond motifs is 1. The van der Waals surface area contributed by atoms with Gasteiger partial charge in [-0.3, -0.25) is 13.9 Å². The molecule has 3 aromatic heterocycles. The summed E-state index contributed by atoms with van der Waals surface area (Å²) in [7, 11) is 1.85. The lowest BCUT2D eigenvalue weighted by atomic mass is 10.1. The van der Waals surface area contributed by atoms with Gasteiger partial charge in [0, 0.05) is 30.1 Å². The maximum absolute atomic E-state index is 11.4. The van der Waals surface area contributed by atoms with E-state index in [1.807, 2.05) is 37.5 Å². The van der Waals surface area contributed by atoms with Crippen molar-refractivity contribution in [2.45, 2.75) is 0 Å². The molecule has 0 aliphatic rings. The molecule has 0 unspecified atom stereocenters. The second-order valence-corrected chi connectivity index (χ2v) is 6.50. The summed E-state index contributed by atoms with van der Waals surface area (Å²) in [5.74, 6) is 5.98. The van der Waals surface area contributed by atoms with Gasteiger partial charge in [-0.15, -0.1) is 0 Å². The van der Waals surface area contributed by atoms with Gasteiger partial charge in [0.15, 0.2) is 0 Å². The molecule has 4 aromatic rings. The van der Waals surface area contributed by atoms with E-state index in [1.165, 1.54) is 12.3 Å². The van der Waals surface area contributed by atoms with E-state index in [4.69, 9.17) is 0 Å². The zero-order valence-electron chi connectivity index (χ0n) is 16.1. The third kappa shape index (κ3) is 3.68. The van der Waals surface area contributed by atoms with Gasteiger partial charge < -0.3 is 5.32 Å². The summed E-state index contributed by atoms with van der Waals surface area (Å²) in [5.41, 5.74) is 4.97. The van der Waals surface area contributed by atoms with Crippen molar-refractivity contribution < 1.29 is 4.79 Å². The van der Waals surface area contributed by atoms with Gasteiger partial charge in [0.25, 0.3) is 0 Å². The van der Waals surface area contributed by atoms with E-state index in [0.29, 0.717) is 22.7 Å². The number of hydrogen-bond acceptors (Lipinski definition) is 4. The molecular formula is C23H16N6O. The van der Waals surface area contributed by atoms with Crippen LogP contribution in [0.25, 0.3) is 16.8 Å². The summed E-state index contributed by atoms with van der Waals surface area (Å²) in [6, 6.07) is 13.1. The number of pyridine rings is 1. The number of carbonyl (C=O) groups is 1. The minimum absolute atomic E-state index is 0.271. The first-order valence-corrected chi connectivity index (χ1v) is 9.03. The third-order valence-corrected chi connectivity index (χ3v) is 4.43. The van der Waals surface area contributed by atoms with Crippen LogP contribution in [0, 0.1) is 23.2 Å². The van der Waals surface area contributed by atoms with E-state index in [1.54, 1.807) is 27.4 Å². The summed E-state index contributed by atoms with van der Waals surface area (Å²) < 4.78 is 3.45. The number of anilines is 1. The molecule has 30 heavy (non-hydrogen) atoms. The van der Waals surface area contributed by atoms with Crippen molar-refractivity contribution in [2.24, 2.45) is 7.05 Å². The van der Waals surface area contributed by atoms with Crippen LogP contribution in [0.3, 0.4) is 0 Å². The van der Waals surface area contributed by atoms with Gasteiger partial charge in [-0.05, 0) is 54.0 Å². The lowest BCUT2D eigenvalue weighted by Crippen LogP contribution is -2.06.